The van der Waals surface area contributed by atoms with E-state index in [4.69, 9.17) is 5.11 Å². The molecule has 98 valence electrons. The van der Waals surface area contributed by atoms with Crippen LogP contribution in [0.15, 0.2) is 30.3 Å². The van der Waals surface area contributed by atoms with Crippen molar-refractivity contribution in [2.45, 2.75) is 12.8 Å². The van der Waals surface area contributed by atoms with E-state index in [2.05, 4.69) is 17.9 Å². The second-order valence-electron chi connectivity index (χ2n) is 4.10. The molecule has 0 radical (unpaired) electrons. The number of thiol groups is 1. The lowest BCUT2D eigenvalue weighted by atomic mass is 9.88. The number of carbonyl (C=O) groups is 2. The quantitative estimate of drug-likeness (QED) is 0.685. The Hall–Kier alpha value is -1.49. The van der Waals surface area contributed by atoms with Crippen molar-refractivity contribution >= 4 is 24.5 Å². The van der Waals surface area contributed by atoms with Gasteiger partial charge in [-0.15, -0.1) is 0 Å². The standard InChI is InChI=1S/C13H17NO3S/c1-9(10-5-3-2-4-6-10)11(8-18)13(17)14-7-12(15)16/h2-6,9,11,18H,7-8H2,1H3,(H,14,17)(H,15,16)/t9-,11+/m0/s1. The number of rotatable bonds is 6. The fraction of sp³-hybridized carbons (Fsp3) is 0.385. The van der Waals surface area contributed by atoms with E-state index in [1.807, 2.05) is 37.3 Å². The van der Waals surface area contributed by atoms with E-state index in [1.54, 1.807) is 0 Å². The maximum absolute atomic E-state index is 11.9. The summed E-state index contributed by atoms with van der Waals surface area (Å²) in [6.45, 7) is 1.58. The van der Waals surface area contributed by atoms with Crippen LogP contribution in [0.4, 0.5) is 0 Å². The average Bonchev–Trinajstić information content (AvgIpc) is 2.38. The first-order chi connectivity index (χ1) is 8.56. The van der Waals surface area contributed by atoms with Crippen molar-refractivity contribution in [1.82, 2.24) is 5.32 Å². The third-order valence-corrected chi connectivity index (χ3v) is 3.27. The van der Waals surface area contributed by atoms with Crippen LogP contribution in [-0.2, 0) is 9.59 Å². The van der Waals surface area contributed by atoms with Gasteiger partial charge in [0.1, 0.15) is 6.54 Å². The minimum absolute atomic E-state index is 0.00232. The Morgan fingerprint density at radius 1 is 1.33 bits per heavy atom. The highest BCUT2D eigenvalue weighted by atomic mass is 32.1. The predicted molar refractivity (Wildman–Crippen MR) is 72.8 cm³/mol. The topological polar surface area (TPSA) is 66.4 Å². The van der Waals surface area contributed by atoms with Crippen molar-refractivity contribution in [3.63, 3.8) is 0 Å². The molecule has 1 amide bonds. The maximum Gasteiger partial charge on any atom is 0.322 e. The smallest absolute Gasteiger partial charge is 0.322 e. The van der Waals surface area contributed by atoms with Crippen LogP contribution in [0.1, 0.15) is 18.4 Å². The normalized spacial score (nSPS) is 13.7. The molecule has 0 aromatic heterocycles. The summed E-state index contributed by atoms with van der Waals surface area (Å²) in [7, 11) is 0. The number of hydrogen-bond acceptors (Lipinski definition) is 3. The zero-order valence-electron chi connectivity index (χ0n) is 10.2. The second kappa shape index (κ2) is 7.06. The van der Waals surface area contributed by atoms with Gasteiger partial charge in [0.05, 0.1) is 5.92 Å². The molecule has 1 aromatic carbocycles. The van der Waals surface area contributed by atoms with E-state index in [9.17, 15) is 9.59 Å². The summed E-state index contributed by atoms with van der Waals surface area (Å²) >= 11 is 4.18. The van der Waals surface area contributed by atoms with E-state index in [0.29, 0.717) is 5.75 Å². The Morgan fingerprint density at radius 2 is 1.94 bits per heavy atom. The van der Waals surface area contributed by atoms with Crippen LogP contribution in [0.5, 0.6) is 0 Å². The number of benzene rings is 1. The second-order valence-corrected chi connectivity index (χ2v) is 4.47. The fourth-order valence-corrected chi connectivity index (χ4v) is 2.23. The van der Waals surface area contributed by atoms with Crippen molar-refractivity contribution in [3.8, 4) is 0 Å². The van der Waals surface area contributed by atoms with Crippen molar-refractivity contribution in [1.29, 1.82) is 0 Å². The van der Waals surface area contributed by atoms with Crippen molar-refractivity contribution in [2.24, 2.45) is 5.92 Å². The van der Waals surface area contributed by atoms with Crippen molar-refractivity contribution < 1.29 is 14.7 Å². The third-order valence-electron chi connectivity index (χ3n) is 2.88. The van der Waals surface area contributed by atoms with E-state index in [-0.39, 0.29) is 24.3 Å². The van der Waals surface area contributed by atoms with Gasteiger partial charge in [0, 0.05) is 5.75 Å². The molecule has 0 saturated carbocycles. The fourth-order valence-electron chi connectivity index (χ4n) is 1.75. The van der Waals surface area contributed by atoms with E-state index < -0.39 is 5.97 Å². The zero-order valence-corrected chi connectivity index (χ0v) is 11.1. The molecule has 0 bridgehead atoms. The predicted octanol–water partition coefficient (Wildman–Crippen LogP) is 1.54. The zero-order chi connectivity index (χ0) is 13.5. The van der Waals surface area contributed by atoms with Crippen LogP contribution in [0.25, 0.3) is 0 Å². The number of hydrogen-bond donors (Lipinski definition) is 3. The van der Waals surface area contributed by atoms with Gasteiger partial charge in [-0.25, -0.2) is 0 Å². The summed E-state index contributed by atoms with van der Waals surface area (Å²) in [5.74, 6) is -1.29. The number of nitrogens with one attached hydrogen (secondary N) is 1. The summed E-state index contributed by atoms with van der Waals surface area (Å²) in [5.41, 5.74) is 1.04. The molecule has 1 aromatic rings. The molecule has 18 heavy (non-hydrogen) atoms. The van der Waals surface area contributed by atoms with Gasteiger partial charge in [-0.2, -0.15) is 12.6 Å². The van der Waals surface area contributed by atoms with E-state index in [1.165, 1.54) is 0 Å². The summed E-state index contributed by atoms with van der Waals surface area (Å²) in [5, 5.41) is 10.9. The van der Waals surface area contributed by atoms with Crippen LogP contribution < -0.4 is 5.32 Å². The van der Waals surface area contributed by atoms with Crippen LogP contribution in [0, 0.1) is 5.92 Å². The molecule has 2 N–H and O–H groups in total. The number of aliphatic carboxylic acids is 1. The highest BCUT2D eigenvalue weighted by molar-refractivity contribution is 7.80. The van der Waals surface area contributed by atoms with Gasteiger partial charge in [0.2, 0.25) is 5.91 Å². The molecule has 4 nitrogen and oxygen atoms in total. The van der Waals surface area contributed by atoms with Crippen LogP contribution in [0.3, 0.4) is 0 Å². The molecule has 0 fully saturated rings. The average molecular weight is 267 g/mol. The summed E-state index contributed by atoms with van der Waals surface area (Å²) in [4.78, 5) is 22.3. The van der Waals surface area contributed by atoms with Gasteiger partial charge in [-0.05, 0) is 11.5 Å². The molecule has 0 saturated heterocycles. The van der Waals surface area contributed by atoms with Crippen LogP contribution in [-0.4, -0.2) is 29.3 Å². The van der Waals surface area contributed by atoms with Gasteiger partial charge < -0.3 is 10.4 Å². The Bertz CT molecular complexity index is 408. The van der Waals surface area contributed by atoms with Gasteiger partial charge >= 0.3 is 5.97 Å². The molecule has 2 atom stereocenters. The molecule has 0 heterocycles. The first-order valence-electron chi connectivity index (χ1n) is 5.71. The lowest BCUT2D eigenvalue weighted by Crippen LogP contribution is -2.37. The molecule has 0 aliphatic rings. The molecule has 5 heteroatoms. The SMILES string of the molecule is C[C@@H](c1ccccc1)[C@@H](CS)C(=O)NCC(=O)O. The van der Waals surface area contributed by atoms with Gasteiger partial charge in [-0.3, -0.25) is 9.59 Å². The Morgan fingerprint density at radius 3 is 2.44 bits per heavy atom. The minimum Gasteiger partial charge on any atom is -0.480 e. The molecule has 1 rings (SSSR count). The summed E-state index contributed by atoms with van der Waals surface area (Å²) < 4.78 is 0. The number of carbonyl (C=O) groups excluding carboxylic acids is 1. The lowest BCUT2D eigenvalue weighted by Gasteiger charge is -2.21. The van der Waals surface area contributed by atoms with E-state index in [0.717, 1.165) is 5.56 Å². The van der Waals surface area contributed by atoms with Crippen LogP contribution in [0.2, 0.25) is 0 Å². The van der Waals surface area contributed by atoms with Gasteiger partial charge in [0.15, 0.2) is 0 Å². The first kappa shape index (κ1) is 14.6. The number of carboxylic acid groups (broad SMARTS) is 1. The van der Waals surface area contributed by atoms with E-state index >= 15 is 0 Å². The molecule has 0 unspecified atom stereocenters. The first-order valence-corrected chi connectivity index (χ1v) is 6.34. The summed E-state index contributed by atoms with van der Waals surface area (Å²) in [6.07, 6.45) is 0. The summed E-state index contributed by atoms with van der Waals surface area (Å²) in [6, 6.07) is 9.64. The molecular formula is C13H17NO3S. The van der Waals surface area contributed by atoms with Crippen molar-refractivity contribution in [3.05, 3.63) is 35.9 Å². The molecule has 0 aliphatic carbocycles. The highest BCUT2D eigenvalue weighted by Crippen LogP contribution is 2.25. The van der Waals surface area contributed by atoms with Gasteiger partial charge in [0.25, 0.3) is 0 Å². The number of carboxylic acids is 1. The monoisotopic (exact) mass is 267 g/mol. The number of amides is 1. The van der Waals surface area contributed by atoms with Crippen LogP contribution >= 0.6 is 12.6 Å². The molecule has 0 aliphatic heterocycles. The minimum atomic E-state index is -1.05. The molecular weight excluding hydrogens is 250 g/mol. The van der Waals surface area contributed by atoms with Gasteiger partial charge in [-0.1, -0.05) is 37.3 Å². The Labute approximate surface area is 112 Å². The highest BCUT2D eigenvalue weighted by Gasteiger charge is 2.25. The lowest BCUT2D eigenvalue weighted by molar-refractivity contribution is -0.138. The Kier molecular flexibility index (Phi) is 5.71. The van der Waals surface area contributed by atoms with Crippen molar-refractivity contribution in [2.75, 3.05) is 12.3 Å². The Balaban J connectivity index is 2.71. The third kappa shape index (κ3) is 4.07. The maximum atomic E-state index is 11.9. The molecule has 0 spiro atoms. The largest absolute Gasteiger partial charge is 0.480 e.